The van der Waals surface area contributed by atoms with E-state index in [4.69, 9.17) is 0 Å². The van der Waals surface area contributed by atoms with Crippen molar-refractivity contribution in [2.45, 2.75) is 51.5 Å². The number of nitrogens with zero attached hydrogens (tertiary/aromatic N) is 1. The monoisotopic (exact) mass is 260 g/mol. The van der Waals surface area contributed by atoms with Gasteiger partial charge in [-0.05, 0) is 38.1 Å². The number of hydrogen-bond acceptors (Lipinski definition) is 2. The maximum absolute atomic E-state index is 12.1. The van der Waals surface area contributed by atoms with Gasteiger partial charge in [0.15, 0.2) is 0 Å². The molecular weight excluding hydrogens is 236 g/mol. The van der Waals surface area contributed by atoms with Crippen LogP contribution in [0.3, 0.4) is 0 Å². The minimum absolute atomic E-state index is 0. The molecule has 2 aliphatic rings. The standard InChI is InChI=1S/C13H24N2O.ClH/c1-2-11-5-4-8-15(10-11)13(16)9-12-6-3-7-14-12;/h11-12,14H,2-10H2,1H3;1H. The van der Waals surface area contributed by atoms with Crippen LogP contribution in [0.15, 0.2) is 0 Å². The number of piperidine rings is 1. The Labute approximate surface area is 111 Å². The van der Waals surface area contributed by atoms with Gasteiger partial charge in [-0.2, -0.15) is 0 Å². The molecule has 2 saturated heterocycles. The molecule has 0 bridgehead atoms. The van der Waals surface area contributed by atoms with Gasteiger partial charge in [-0.3, -0.25) is 4.79 Å². The van der Waals surface area contributed by atoms with Gasteiger partial charge in [0, 0.05) is 25.6 Å². The van der Waals surface area contributed by atoms with E-state index in [0.29, 0.717) is 11.9 Å². The Hall–Kier alpha value is -0.280. The van der Waals surface area contributed by atoms with E-state index in [0.717, 1.165) is 32.0 Å². The molecule has 2 fully saturated rings. The van der Waals surface area contributed by atoms with Gasteiger partial charge in [0.2, 0.25) is 5.91 Å². The van der Waals surface area contributed by atoms with Crippen LogP contribution < -0.4 is 5.32 Å². The first-order chi connectivity index (χ1) is 7.79. The van der Waals surface area contributed by atoms with E-state index >= 15 is 0 Å². The van der Waals surface area contributed by atoms with Crippen molar-refractivity contribution in [3.05, 3.63) is 0 Å². The first-order valence-electron chi connectivity index (χ1n) is 6.80. The predicted molar refractivity (Wildman–Crippen MR) is 72.5 cm³/mol. The highest BCUT2D eigenvalue weighted by molar-refractivity contribution is 5.85. The zero-order valence-electron chi connectivity index (χ0n) is 10.8. The van der Waals surface area contributed by atoms with E-state index in [9.17, 15) is 4.79 Å². The van der Waals surface area contributed by atoms with Crippen LogP contribution in [-0.2, 0) is 4.79 Å². The summed E-state index contributed by atoms with van der Waals surface area (Å²) in [6.07, 6.45) is 6.85. The molecule has 2 atom stereocenters. The van der Waals surface area contributed by atoms with Gasteiger partial charge in [-0.15, -0.1) is 12.4 Å². The van der Waals surface area contributed by atoms with Crippen molar-refractivity contribution < 1.29 is 4.79 Å². The van der Waals surface area contributed by atoms with Crippen LogP contribution in [0.25, 0.3) is 0 Å². The van der Waals surface area contributed by atoms with Crippen LogP contribution in [0.2, 0.25) is 0 Å². The maximum Gasteiger partial charge on any atom is 0.224 e. The summed E-state index contributed by atoms with van der Waals surface area (Å²) in [5, 5.41) is 3.40. The summed E-state index contributed by atoms with van der Waals surface area (Å²) in [4.78, 5) is 14.2. The van der Waals surface area contributed by atoms with Crippen LogP contribution in [0.4, 0.5) is 0 Å². The fourth-order valence-corrected chi connectivity index (χ4v) is 2.90. The van der Waals surface area contributed by atoms with Crippen molar-refractivity contribution in [1.29, 1.82) is 0 Å². The number of likely N-dealkylation sites (tertiary alicyclic amines) is 1. The summed E-state index contributed by atoms with van der Waals surface area (Å²) in [5.74, 6) is 1.12. The topological polar surface area (TPSA) is 32.3 Å². The number of hydrogen-bond donors (Lipinski definition) is 1. The first-order valence-corrected chi connectivity index (χ1v) is 6.80. The third kappa shape index (κ3) is 4.14. The molecule has 2 unspecified atom stereocenters. The second-order valence-corrected chi connectivity index (χ2v) is 5.25. The highest BCUT2D eigenvalue weighted by Crippen LogP contribution is 2.20. The van der Waals surface area contributed by atoms with Gasteiger partial charge < -0.3 is 10.2 Å². The van der Waals surface area contributed by atoms with E-state index in [1.54, 1.807) is 0 Å². The maximum atomic E-state index is 12.1. The average Bonchev–Trinajstić information content (AvgIpc) is 2.82. The summed E-state index contributed by atoms with van der Waals surface area (Å²) in [7, 11) is 0. The van der Waals surface area contributed by atoms with E-state index in [-0.39, 0.29) is 12.4 Å². The van der Waals surface area contributed by atoms with Gasteiger partial charge in [-0.25, -0.2) is 0 Å². The zero-order chi connectivity index (χ0) is 11.4. The molecule has 3 nitrogen and oxygen atoms in total. The molecule has 0 spiro atoms. The van der Waals surface area contributed by atoms with Gasteiger partial charge in [0.1, 0.15) is 0 Å². The molecule has 1 amide bonds. The zero-order valence-corrected chi connectivity index (χ0v) is 11.6. The lowest BCUT2D eigenvalue weighted by Crippen LogP contribution is -2.42. The molecule has 2 aliphatic heterocycles. The third-order valence-electron chi connectivity index (χ3n) is 4.03. The SMILES string of the molecule is CCC1CCCN(C(=O)CC2CCCN2)C1.Cl. The Morgan fingerprint density at radius 3 is 2.82 bits per heavy atom. The van der Waals surface area contributed by atoms with Crippen molar-refractivity contribution in [2.75, 3.05) is 19.6 Å². The summed E-state index contributed by atoms with van der Waals surface area (Å²) in [6, 6.07) is 0.453. The number of carbonyl (C=O) groups is 1. The van der Waals surface area contributed by atoms with Gasteiger partial charge in [-0.1, -0.05) is 13.3 Å². The highest BCUT2D eigenvalue weighted by atomic mass is 35.5. The van der Waals surface area contributed by atoms with E-state index < -0.39 is 0 Å². The normalized spacial score (nSPS) is 28.9. The Balaban J connectivity index is 0.00000144. The molecule has 0 aromatic rings. The van der Waals surface area contributed by atoms with Crippen LogP contribution in [-0.4, -0.2) is 36.5 Å². The molecule has 4 heteroatoms. The largest absolute Gasteiger partial charge is 0.342 e. The molecule has 0 radical (unpaired) electrons. The molecule has 2 heterocycles. The average molecular weight is 261 g/mol. The lowest BCUT2D eigenvalue weighted by Gasteiger charge is -2.33. The minimum atomic E-state index is 0. The predicted octanol–water partition coefficient (Wildman–Crippen LogP) is 2.20. The number of rotatable bonds is 3. The second-order valence-electron chi connectivity index (χ2n) is 5.25. The summed E-state index contributed by atoms with van der Waals surface area (Å²) in [5.41, 5.74) is 0. The van der Waals surface area contributed by atoms with E-state index in [1.165, 1.54) is 32.1 Å². The van der Waals surface area contributed by atoms with Gasteiger partial charge in [0.05, 0.1) is 0 Å². The molecule has 100 valence electrons. The number of halogens is 1. The van der Waals surface area contributed by atoms with E-state index in [1.807, 2.05) is 0 Å². The first kappa shape index (κ1) is 14.8. The van der Waals surface area contributed by atoms with Crippen molar-refractivity contribution in [3.63, 3.8) is 0 Å². The fourth-order valence-electron chi connectivity index (χ4n) is 2.90. The van der Waals surface area contributed by atoms with E-state index in [2.05, 4.69) is 17.1 Å². The Kier molecular flexibility index (Phi) is 6.28. The second kappa shape index (κ2) is 7.22. The van der Waals surface area contributed by atoms with Crippen LogP contribution in [0, 0.1) is 5.92 Å². The summed E-state index contributed by atoms with van der Waals surface area (Å²) in [6.45, 7) is 5.32. The smallest absolute Gasteiger partial charge is 0.224 e. The van der Waals surface area contributed by atoms with Crippen LogP contribution in [0.5, 0.6) is 0 Å². The quantitative estimate of drug-likeness (QED) is 0.844. The number of carbonyl (C=O) groups excluding carboxylic acids is 1. The summed E-state index contributed by atoms with van der Waals surface area (Å²) < 4.78 is 0. The van der Waals surface area contributed by atoms with Gasteiger partial charge >= 0.3 is 0 Å². The third-order valence-corrected chi connectivity index (χ3v) is 4.03. The summed E-state index contributed by atoms with van der Waals surface area (Å²) >= 11 is 0. The Morgan fingerprint density at radius 2 is 2.18 bits per heavy atom. The van der Waals surface area contributed by atoms with Crippen molar-refractivity contribution in [3.8, 4) is 0 Å². The minimum Gasteiger partial charge on any atom is -0.342 e. The van der Waals surface area contributed by atoms with Crippen molar-refractivity contribution >= 4 is 18.3 Å². The Bertz CT molecular complexity index is 242. The van der Waals surface area contributed by atoms with Crippen LogP contribution >= 0.6 is 12.4 Å². The molecular formula is C13H25ClN2O. The molecule has 0 aromatic carbocycles. The van der Waals surface area contributed by atoms with Crippen molar-refractivity contribution in [1.82, 2.24) is 10.2 Å². The highest BCUT2D eigenvalue weighted by Gasteiger charge is 2.25. The lowest BCUT2D eigenvalue weighted by atomic mass is 9.95. The fraction of sp³-hybridized carbons (Fsp3) is 0.923. The molecule has 0 aromatic heterocycles. The Morgan fingerprint density at radius 1 is 1.35 bits per heavy atom. The number of nitrogens with one attached hydrogen (secondary N) is 1. The molecule has 1 N–H and O–H groups in total. The van der Waals surface area contributed by atoms with Crippen molar-refractivity contribution in [2.24, 2.45) is 5.92 Å². The van der Waals surface area contributed by atoms with Crippen LogP contribution in [0.1, 0.15) is 45.4 Å². The van der Waals surface area contributed by atoms with Gasteiger partial charge in [0.25, 0.3) is 0 Å². The molecule has 0 saturated carbocycles. The number of amides is 1. The molecule has 0 aliphatic carbocycles. The lowest BCUT2D eigenvalue weighted by molar-refractivity contribution is -0.133. The molecule has 2 rings (SSSR count). The molecule has 17 heavy (non-hydrogen) atoms.